The Morgan fingerprint density at radius 3 is 0.963 bits per heavy atom. The van der Waals surface area contributed by atoms with E-state index in [4.69, 9.17) is 0 Å². The van der Waals surface area contributed by atoms with Crippen molar-refractivity contribution in [1.82, 2.24) is 0 Å². The van der Waals surface area contributed by atoms with Gasteiger partial charge in [0.05, 0.1) is 11.1 Å². The topological polar surface area (TPSA) is 24.1 Å². The maximum Gasteiger partial charge on any atom is 0.0625 e. The third kappa shape index (κ3) is 14.0. The molecule has 2 N–H and O–H groups in total. The van der Waals surface area contributed by atoms with Crippen molar-refractivity contribution in [2.75, 3.05) is 10.6 Å². The zero-order chi connectivity index (χ0) is 38.2. The number of anilines is 2. The minimum absolute atomic E-state index is 0.0889. The molecule has 0 heterocycles. The highest BCUT2D eigenvalue weighted by Crippen LogP contribution is 2.47. The van der Waals surface area contributed by atoms with E-state index < -0.39 is 0 Å². The quantitative estimate of drug-likeness (QED) is 0.0425. The van der Waals surface area contributed by atoms with E-state index in [0.29, 0.717) is 0 Å². The van der Waals surface area contributed by atoms with E-state index in [0.717, 1.165) is 25.7 Å². The molecule has 0 saturated carbocycles. The molecule has 0 aliphatic rings. The zero-order valence-corrected chi connectivity index (χ0v) is 36.0. The number of nitrogens with one attached hydrogen (secondary N) is 2. The normalized spacial score (nSPS) is 11.9. The summed E-state index contributed by atoms with van der Waals surface area (Å²) in [5.74, 6) is 0. The summed E-state index contributed by atoms with van der Waals surface area (Å²) in [4.78, 5) is 2.60. The first-order valence-corrected chi connectivity index (χ1v) is 23.9. The average Bonchev–Trinajstić information content (AvgIpc) is 3.22. The van der Waals surface area contributed by atoms with Gasteiger partial charge < -0.3 is 10.6 Å². The van der Waals surface area contributed by atoms with Crippen molar-refractivity contribution >= 4 is 33.0 Å². The van der Waals surface area contributed by atoms with Crippen molar-refractivity contribution in [2.24, 2.45) is 0 Å². The molecule has 0 fully saturated rings. The molecule has 0 radical (unpaired) electrons. The predicted molar refractivity (Wildman–Crippen MR) is 243 cm³/mol. The highest BCUT2D eigenvalue weighted by atomic mass is 33.1. The number of unbranched alkanes of at least 4 members (excludes halogenated alkanes) is 12. The van der Waals surface area contributed by atoms with Crippen LogP contribution in [0.3, 0.4) is 0 Å². The Morgan fingerprint density at radius 2 is 0.648 bits per heavy atom. The van der Waals surface area contributed by atoms with Gasteiger partial charge in [0.15, 0.2) is 0 Å². The van der Waals surface area contributed by atoms with E-state index in [2.05, 4.69) is 148 Å². The molecule has 4 aromatic rings. The Balaban J connectivity index is 1.63. The highest BCUT2D eigenvalue weighted by molar-refractivity contribution is 8.76. The minimum atomic E-state index is -0.0889. The zero-order valence-electron chi connectivity index (χ0n) is 34.4. The van der Waals surface area contributed by atoms with Crippen molar-refractivity contribution in [3.63, 3.8) is 0 Å². The number of benzene rings is 4. The molecule has 294 valence electrons. The summed E-state index contributed by atoms with van der Waals surface area (Å²) in [6.07, 6.45) is 25.0. The van der Waals surface area contributed by atoms with Gasteiger partial charge in [-0.15, -0.1) is 0 Å². The number of rotatable bonds is 29. The first-order valence-electron chi connectivity index (χ1n) is 21.8. The molecule has 4 aromatic carbocycles. The molecule has 0 atom stereocenters. The lowest BCUT2D eigenvalue weighted by Crippen LogP contribution is -2.36. The minimum Gasteiger partial charge on any atom is -0.375 e. The molecule has 0 saturated heterocycles. The van der Waals surface area contributed by atoms with Crippen LogP contribution >= 0.6 is 21.6 Å². The molecule has 0 bridgehead atoms. The van der Waals surface area contributed by atoms with Crippen LogP contribution in [0.25, 0.3) is 0 Å². The third-order valence-electron chi connectivity index (χ3n) is 11.2. The van der Waals surface area contributed by atoms with Crippen LogP contribution in [0, 0.1) is 0 Å². The average molecular weight is 765 g/mol. The van der Waals surface area contributed by atoms with Gasteiger partial charge in [-0.05, 0) is 61.1 Å². The van der Waals surface area contributed by atoms with Gasteiger partial charge in [0, 0.05) is 21.2 Å². The molecular formula is C50H72N2S2. The molecule has 0 aromatic heterocycles. The van der Waals surface area contributed by atoms with Crippen molar-refractivity contribution in [1.29, 1.82) is 0 Å². The van der Waals surface area contributed by atoms with Gasteiger partial charge in [0.1, 0.15) is 0 Å². The summed E-state index contributed by atoms with van der Waals surface area (Å²) in [5, 5.41) is 8.52. The Bertz CT molecular complexity index is 1400. The van der Waals surface area contributed by atoms with Gasteiger partial charge in [-0.1, -0.05) is 237 Å². The van der Waals surface area contributed by atoms with Crippen LogP contribution < -0.4 is 10.6 Å². The van der Waals surface area contributed by atoms with E-state index in [1.807, 2.05) is 21.6 Å². The smallest absolute Gasteiger partial charge is 0.0625 e. The second kappa shape index (κ2) is 25.4. The molecule has 4 heteroatoms. The molecular weight excluding hydrogens is 693 g/mol. The van der Waals surface area contributed by atoms with E-state index in [-0.39, 0.29) is 11.1 Å². The maximum atomic E-state index is 4.26. The van der Waals surface area contributed by atoms with Crippen molar-refractivity contribution in [2.45, 2.75) is 177 Å². The van der Waals surface area contributed by atoms with Gasteiger partial charge in [-0.3, -0.25) is 0 Å². The molecule has 54 heavy (non-hydrogen) atoms. The summed E-state index contributed by atoms with van der Waals surface area (Å²) in [6, 6.07) is 40.8. The van der Waals surface area contributed by atoms with Crippen LogP contribution in [0.15, 0.2) is 119 Å². The standard InChI is InChI=1S/C50H72N2S2/c1-5-9-13-27-39-49(40-28-14-10-6-2,43-31-19-17-20-32-43)51-45-35-23-25-37-47(45)53-54-48-38-26-24-36-46(48)52-50(41-29-15-11-7-3,42-30-16-12-8-4)44-33-21-18-22-34-44/h17-26,31-38,51-52H,5-16,27-30,39-42H2,1-4H3. The lowest BCUT2D eigenvalue weighted by molar-refractivity contribution is 0.375. The fraction of sp³-hybridized carbons (Fsp3) is 0.520. The van der Waals surface area contributed by atoms with Gasteiger partial charge in [-0.2, -0.15) is 0 Å². The second-order valence-electron chi connectivity index (χ2n) is 15.5. The van der Waals surface area contributed by atoms with Crippen LogP contribution in [0.5, 0.6) is 0 Å². The van der Waals surface area contributed by atoms with E-state index in [1.165, 1.54) is 135 Å². The molecule has 0 unspecified atom stereocenters. The van der Waals surface area contributed by atoms with Gasteiger partial charge in [0.25, 0.3) is 0 Å². The maximum absolute atomic E-state index is 4.26. The molecule has 0 aliphatic heterocycles. The molecule has 2 nitrogen and oxygen atoms in total. The molecule has 0 spiro atoms. The van der Waals surface area contributed by atoms with E-state index >= 15 is 0 Å². The third-order valence-corrected chi connectivity index (χ3v) is 13.7. The van der Waals surface area contributed by atoms with Crippen LogP contribution in [0.4, 0.5) is 11.4 Å². The van der Waals surface area contributed by atoms with Crippen LogP contribution in [-0.2, 0) is 11.1 Å². The summed E-state index contributed by atoms with van der Waals surface area (Å²) < 4.78 is 0. The molecule has 0 aliphatic carbocycles. The van der Waals surface area contributed by atoms with Crippen LogP contribution in [-0.4, -0.2) is 0 Å². The fourth-order valence-electron chi connectivity index (χ4n) is 8.04. The van der Waals surface area contributed by atoms with Crippen molar-refractivity contribution in [3.05, 3.63) is 120 Å². The Labute approximate surface area is 339 Å². The second-order valence-corrected chi connectivity index (χ2v) is 17.8. The lowest BCUT2D eigenvalue weighted by atomic mass is 9.80. The van der Waals surface area contributed by atoms with Crippen molar-refractivity contribution in [3.8, 4) is 0 Å². The van der Waals surface area contributed by atoms with Gasteiger partial charge >= 0.3 is 0 Å². The summed E-state index contributed by atoms with van der Waals surface area (Å²) in [7, 11) is 3.80. The highest BCUT2D eigenvalue weighted by Gasteiger charge is 2.33. The summed E-state index contributed by atoms with van der Waals surface area (Å²) >= 11 is 0. The number of hydrogen-bond acceptors (Lipinski definition) is 4. The number of para-hydroxylation sites is 2. The van der Waals surface area contributed by atoms with Crippen LogP contribution in [0.1, 0.15) is 167 Å². The van der Waals surface area contributed by atoms with Gasteiger partial charge in [-0.25, -0.2) is 0 Å². The molecule has 0 amide bonds. The number of hydrogen-bond donors (Lipinski definition) is 2. The van der Waals surface area contributed by atoms with Crippen LogP contribution in [0.2, 0.25) is 0 Å². The first-order chi connectivity index (χ1) is 26.6. The van der Waals surface area contributed by atoms with E-state index in [9.17, 15) is 0 Å². The summed E-state index contributed by atoms with van der Waals surface area (Å²) in [6.45, 7) is 9.26. The van der Waals surface area contributed by atoms with Gasteiger partial charge in [0.2, 0.25) is 0 Å². The fourth-order valence-corrected chi connectivity index (χ4v) is 10.3. The Kier molecular flexibility index (Phi) is 20.6. The Hall–Kier alpha value is -2.82. The summed E-state index contributed by atoms with van der Waals surface area (Å²) in [5.41, 5.74) is 5.18. The molecule has 4 rings (SSSR count). The van der Waals surface area contributed by atoms with Crippen molar-refractivity contribution < 1.29 is 0 Å². The van der Waals surface area contributed by atoms with E-state index in [1.54, 1.807) is 0 Å². The SMILES string of the molecule is CCCCCCC(CCCCCC)(Nc1ccccc1SSc1ccccc1NC(CCCCCC)(CCCCCC)c1ccccc1)c1ccccc1. The monoisotopic (exact) mass is 765 g/mol. The Morgan fingerprint density at radius 1 is 0.352 bits per heavy atom. The first kappa shape index (κ1) is 43.9. The largest absolute Gasteiger partial charge is 0.375 e. The lowest BCUT2D eigenvalue weighted by Gasteiger charge is -2.38. The predicted octanol–water partition coefficient (Wildman–Crippen LogP) is 17.0.